The Balaban J connectivity index is 1.91. The number of Topliss-reactive ketones (excluding diaryl/α,β-unsaturated/α-hetero) is 1. The van der Waals surface area contributed by atoms with E-state index in [0.29, 0.717) is 22.6 Å². The molecule has 0 unspecified atom stereocenters. The standard InChI is InChI=1S/C21H22N2O2S/c1-4-11-23-20(25)17-7-5-6-8-18(17)22-21(23)26-13-19(24)16-10-9-14(2)12-15(16)3/h5-10,12H,4,11,13H2,1-3H3. The van der Waals surface area contributed by atoms with Crippen LogP contribution in [-0.4, -0.2) is 21.1 Å². The van der Waals surface area contributed by atoms with Gasteiger partial charge in [0.1, 0.15) is 0 Å². The minimum absolute atomic E-state index is 0.0427. The summed E-state index contributed by atoms with van der Waals surface area (Å²) < 4.78 is 1.68. The molecule has 0 spiro atoms. The SMILES string of the molecule is CCCn1c(SCC(=O)c2ccc(C)cc2C)nc2ccccc2c1=O. The van der Waals surface area contributed by atoms with Crippen molar-refractivity contribution in [3.05, 3.63) is 69.5 Å². The highest BCUT2D eigenvalue weighted by molar-refractivity contribution is 7.99. The van der Waals surface area contributed by atoms with Crippen LogP contribution in [0.15, 0.2) is 52.4 Å². The lowest BCUT2D eigenvalue weighted by molar-refractivity contribution is 0.102. The number of carbonyl (C=O) groups excluding carboxylic acids is 1. The number of benzene rings is 2. The third kappa shape index (κ3) is 3.73. The molecule has 134 valence electrons. The van der Waals surface area contributed by atoms with Crippen molar-refractivity contribution in [2.75, 3.05) is 5.75 Å². The van der Waals surface area contributed by atoms with Crippen LogP contribution >= 0.6 is 11.8 Å². The van der Waals surface area contributed by atoms with Gasteiger partial charge in [0.2, 0.25) is 0 Å². The number of para-hydroxylation sites is 1. The van der Waals surface area contributed by atoms with E-state index in [-0.39, 0.29) is 17.1 Å². The van der Waals surface area contributed by atoms with E-state index in [0.717, 1.165) is 23.1 Å². The van der Waals surface area contributed by atoms with E-state index in [4.69, 9.17) is 0 Å². The van der Waals surface area contributed by atoms with Crippen LogP contribution in [0, 0.1) is 13.8 Å². The van der Waals surface area contributed by atoms with Crippen molar-refractivity contribution >= 4 is 28.4 Å². The maximum absolute atomic E-state index is 12.8. The van der Waals surface area contributed by atoms with Gasteiger partial charge in [-0.25, -0.2) is 4.98 Å². The number of aromatic nitrogens is 2. The lowest BCUT2D eigenvalue weighted by Gasteiger charge is -2.12. The number of rotatable bonds is 6. The van der Waals surface area contributed by atoms with Gasteiger partial charge in [0.25, 0.3) is 5.56 Å². The van der Waals surface area contributed by atoms with Gasteiger partial charge < -0.3 is 0 Å². The molecule has 26 heavy (non-hydrogen) atoms. The van der Waals surface area contributed by atoms with Crippen molar-refractivity contribution in [1.29, 1.82) is 0 Å². The van der Waals surface area contributed by atoms with Crippen LogP contribution < -0.4 is 5.56 Å². The van der Waals surface area contributed by atoms with E-state index in [9.17, 15) is 9.59 Å². The van der Waals surface area contributed by atoms with Crippen molar-refractivity contribution < 1.29 is 4.79 Å². The first-order chi connectivity index (χ1) is 12.5. The number of hydrogen-bond donors (Lipinski definition) is 0. The zero-order valence-corrected chi connectivity index (χ0v) is 16.1. The second-order valence-electron chi connectivity index (χ2n) is 6.40. The van der Waals surface area contributed by atoms with E-state index >= 15 is 0 Å². The maximum atomic E-state index is 12.8. The number of nitrogens with zero attached hydrogens (tertiary/aromatic N) is 2. The molecule has 0 atom stereocenters. The molecule has 0 aliphatic rings. The second kappa shape index (κ2) is 7.87. The summed E-state index contributed by atoms with van der Waals surface area (Å²) in [5.74, 6) is 0.316. The average Bonchev–Trinajstić information content (AvgIpc) is 2.62. The number of ketones is 1. The molecular weight excluding hydrogens is 344 g/mol. The topological polar surface area (TPSA) is 52.0 Å². The van der Waals surface area contributed by atoms with Crippen LogP contribution in [0.2, 0.25) is 0 Å². The predicted octanol–water partition coefficient (Wildman–Crippen LogP) is 4.40. The van der Waals surface area contributed by atoms with Gasteiger partial charge in [-0.2, -0.15) is 0 Å². The van der Waals surface area contributed by atoms with Gasteiger partial charge >= 0.3 is 0 Å². The van der Waals surface area contributed by atoms with Gasteiger partial charge in [-0.1, -0.05) is 54.6 Å². The summed E-state index contributed by atoms with van der Waals surface area (Å²) in [6.07, 6.45) is 0.832. The summed E-state index contributed by atoms with van der Waals surface area (Å²) in [7, 11) is 0. The lowest BCUT2D eigenvalue weighted by Crippen LogP contribution is -2.23. The van der Waals surface area contributed by atoms with Crippen LogP contribution in [0.1, 0.15) is 34.8 Å². The molecule has 1 heterocycles. The van der Waals surface area contributed by atoms with Gasteiger partial charge in [-0.3, -0.25) is 14.2 Å². The largest absolute Gasteiger partial charge is 0.293 e. The second-order valence-corrected chi connectivity index (χ2v) is 7.34. The fourth-order valence-corrected chi connectivity index (χ4v) is 3.92. The van der Waals surface area contributed by atoms with E-state index in [1.807, 2.05) is 57.2 Å². The highest BCUT2D eigenvalue weighted by Crippen LogP contribution is 2.21. The van der Waals surface area contributed by atoms with Crippen molar-refractivity contribution in [3.8, 4) is 0 Å². The third-order valence-corrected chi connectivity index (χ3v) is 5.26. The molecule has 3 rings (SSSR count). The van der Waals surface area contributed by atoms with Gasteiger partial charge in [-0.05, 0) is 38.0 Å². The normalized spacial score (nSPS) is 11.0. The Morgan fingerprint density at radius 3 is 2.65 bits per heavy atom. The van der Waals surface area contributed by atoms with Crippen LogP contribution in [0.25, 0.3) is 10.9 Å². The highest BCUT2D eigenvalue weighted by Gasteiger charge is 2.14. The lowest BCUT2D eigenvalue weighted by atomic mass is 10.0. The predicted molar refractivity (Wildman–Crippen MR) is 107 cm³/mol. The van der Waals surface area contributed by atoms with Crippen LogP contribution in [0.3, 0.4) is 0 Å². The maximum Gasteiger partial charge on any atom is 0.262 e. The fourth-order valence-electron chi connectivity index (χ4n) is 3.01. The van der Waals surface area contributed by atoms with E-state index in [2.05, 4.69) is 4.98 Å². The smallest absolute Gasteiger partial charge is 0.262 e. The Bertz CT molecular complexity index is 1020. The molecule has 4 nitrogen and oxygen atoms in total. The fraction of sp³-hybridized carbons (Fsp3) is 0.286. The van der Waals surface area contributed by atoms with Crippen LogP contribution in [0.5, 0.6) is 0 Å². The van der Waals surface area contributed by atoms with Crippen LogP contribution in [0.4, 0.5) is 0 Å². The summed E-state index contributed by atoms with van der Waals surface area (Å²) in [6, 6.07) is 13.2. The first kappa shape index (κ1) is 18.4. The Labute approximate surface area is 157 Å². The molecule has 3 aromatic rings. The first-order valence-corrected chi connectivity index (χ1v) is 9.72. The van der Waals surface area contributed by atoms with E-state index in [1.165, 1.54) is 11.8 Å². The Hall–Kier alpha value is -2.40. The molecule has 0 amide bonds. The van der Waals surface area contributed by atoms with E-state index in [1.54, 1.807) is 10.6 Å². The number of aryl methyl sites for hydroxylation is 2. The van der Waals surface area contributed by atoms with Gasteiger partial charge in [0, 0.05) is 12.1 Å². The molecule has 0 saturated carbocycles. The zero-order chi connectivity index (χ0) is 18.7. The quantitative estimate of drug-likeness (QED) is 0.369. The van der Waals surface area contributed by atoms with Crippen molar-refractivity contribution in [3.63, 3.8) is 0 Å². The van der Waals surface area contributed by atoms with Crippen molar-refractivity contribution in [2.24, 2.45) is 0 Å². The number of thioether (sulfide) groups is 1. The summed E-state index contributed by atoms with van der Waals surface area (Å²) in [6.45, 7) is 6.58. The molecule has 5 heteroatoms. The molecule has 0 bridgehead atoms. The number of fused-ring (bicyclic) bond motifs is 1. The van der Waals surface area contributed by atoms with Gasteiger partial charge in [0.05, 0.1) is 16.7 Å². The molecule has 0 N–H and O–H groups in total. The Morgan fingerprint density at radius 1 is 1.15 bits per heavy atom. The van der Waals surface area contributed by atoms with Gasteiger partial charge in [-0.15, -0.1) is 0 Å². The molecule has 2 aromatic carbocycles. The van der Waals surface area contributed by atoms with E-state index < -0.39 is 0 Å². The molecular formula is C21H22N2O2S. The molecule has 0 aliphatic carbocycles. The number of carbonyl (C=O) groups is 1. The zero-order valence-electron chi connectivity index (χ0n) is 15.3. The molecule has 0 saturated heterocycles. The summed E-state index contributed by atoms with van der Waals surface area (Å²) >= 11 is 1.33. The molecule has 0 radical (unpaired) electrons. The molecule has 1 aromatic heterocycles. The Morgan fingerprint density at radius 2 is 1.92 bits per heavy atom. The highest BCUT2D eigenvalue weighted by atomic mass is 32.2. The van der Waals surface area contributed by atoms with Crippen molar-refractivity contribution in [1.82, 2.24) is 9.55 Å². The summed E-state index contributed by atoms with van der Waals surface area (Å²) in [4.78, 5) is 30.0. The Kier molecular flexibility index (Phi) is 5.57. The first-order valence-electron chi connectivity index (χ1n) is 8.74. The van der Waals surface area contributed by atoms with Gasteiger partial charge in [0.15, 0.2) is 10.9 Å². The molecule has 0 aliphatic heterocycles. The van der Waals surface area contributed by atoms with Crippen molar-refractivity contribution in [2.45, 2.75) is 38.9 Å². The monoisotopic (exact) mass is 366 g/mol. The molecule has 0 fully saturated rings. The summed E-state index contributed by atoms with van der Waals surface area (Å²) in [5, 5.41) is 1.22. The third-order valence-electron chi connectivity index (χ3n) is 4.29. The summed E-state index contributed by atoms with van der Waals surface area (Å²) in [5.41, 5.74) is 3.48. The minimum atomic E-state index is -0.0427. The van der Waals surface area contributed by atoms with Crippen LogP contribution in [-0.2, 0) is 6.54 Å². The minimum Gasteiger partial charge on any atom is -0.293 e. The number of hydrogen-bond acceptors (Lipinski definition) is 4. The average molecular weight is 366 g/mol.